The second-order valence-electron chi connectivity index (χ2n) is 19.0. The van der Waals surface area contributed by atoms with Crippen molar-refractivity contribution < 1.29 is 38.0 Å². The molecule has 0 aromatic heterocycles. The molecule has 0 saturated heterocycles. The van der Waals surface area contributed by atoms with Crippen LogP contribution in [0.3, 0.4) is 0 Å². The molecule has 4 atom stereocenters. The highest BCUT2D eigenvalue weighted by atomic mass is 31.2. The lowest BCUT2D eigenvalue weighted by molar-refractivity contribution is -0.870. The van der Waals surface area contributed by atoms with Gasteiger partial charge in [0.2, 0.25) is 5.91 Å². The van der Waals surface area contributed by atoms with Crippen LogP contribution in [0.5, 0.6) is 0 Å². The third-order valence-electron chi connectivity index (χ3n) is 11.2. The number of aliphatic hydroxyl groups excluding tert-OH is 2. The Morgan fingerprint density at radius 1 is 0.535 bits per heavy atom. The molecule has 0 heterocycles. The molecular formula is C61H101N2O7P. The number of carbonyl (C=O) groups is 1. The predicted octanol–water partition coefficient (Wildman–Crippen LogP) is 14.9. The first-order chi connectivity index (χ1) is 34.4. The zero-order valence-electron chi connectivity index (χ0n) is 45.2. The molecule has 1 amide bonds. The number of aliphatic hydroxyl groups is 2. The third-order valence-corrected chi connectivity index (χ3v) is 12.2. The molecule has 0 aromatic rings. The fourth-order valence-electron chi connectivity index (χ4n) is 6.93. The molecule has 0 spiro atoms. The Morgan fingerprint density at radius 3 is 1.37 bits per heavy atom. The van der Waals surface area contributed by atoms with Gasteiger partial charge in [0.25, 0.3) is 7.82 Å². The molecule has 0 aromatic carbocycles. The number of unbranched alkanes of at least 4 members (excludes halogenated alkanes) is 10. The quantitative estimate of drug-likeness (QED) is 0.0240. The number of nitrogens with one attached hydrogen (secondary N) is 1. The molecule has 0 radical (unpaired) electrons. The Morgan fingerprint density at radius 2 is 0.915 bits per heavy atom. The maximum absolute atomic E-state index is 13.0. The van der Waals surface area contributed by atoms with Gasteiger partial charge in [-0.15, -0.1) is 0 Å². The molecule has 402 valence electrons. The van der Waals surface area contributed by atoms with Crippen molar-refractivity contribution in [1.29, 1.82) is 0 Å². The van der Waals surface area contributed by atoms with E-state index in [4.69, 9.17) is 9.05 Å². The second-order valence-corrected chi connectivity index (χ2v) is 20.4. The largest absolute Gasteiger partial charge is 0.756 e. The number of hydrogen-bond donors (Lipinski definition) is 3. The van der Waals surface area contributed by atoms with Crippen LogP contribution in [0.1, 0.15) is 174 Å². The van der Waals surface area contributed by atoms with Crippen molar-refractivity contribution in [2.75, 3.05) is 40.9 Å². The molecule has 9 nitrogen and oxygen atoms in total. The van der Waals surface area contributed by atoms with E-state index in [-0.39, 0.29) is 25.4 Å². The Hall–Kier alpha value is -3.66. The van der Waals surface area contributed by atoms with Crippen LogP contribution in [0, 0.1) is 0 Å². The van der Waals surface area contributed by atoms with Gasteiger partial charge in [0.1, 0.15) is 19.3 Å². The Kier molecular flexibility index (Phi) is 47.3. The summed E-state index contributed by atoms with van der Waals surface area (Å²) < 4.78 is 23.2. The lowest BCUT2D eigenvalue weighted by atomic mass is 10.0. The SMILES string of the molecule is C/C=C/CC/C=C/CC/C=C/CCCC(O)C(O)C(COP(=O)([O-])OCC[N+](C)(C)C)NC(=O)CCCCCCCCC/C=C\C/C=C\C/C=C\C/C=C\C/C=C\C/C=C\C/C=C\C/C=C\C/C=C\CC. The molecule has 4 unspecified atom stereocenters. The number of amides is 1. The maximum Gasteiger partial charge on any atom is 0.268 e. The molecule has 0 saturated carbocycles. The standard InChI is InChI=1S/C61H101N2O7P/c1-6-8-10-12-14-16-18-20-21-22-23-24-25-26-27-28-29-30-31-32-33-34-35-36-37-38-39-40-41-42-44-46-48-50-52-54-60(65)62-58(57-70-71(67,68)69-56-55-63(3,4)5)61(66)59(64)53-51-49-47-45-43-19-17-15-13-11-9-7-2/h7-10,14-17,20-21,23-24,26-27,29-30,32-33,35-36,38-39,45,47,58-59,61,64,66H,6,11-13,18-19,22,25,28,31,34,37,40-44,46,48-57H2,1-5H3,(H-,62,65,67,68)/b9-7+,10-8-,16-14-,17-15+,21-20-,24-23-,27-26-,30-29-,33-32-,36-35-,39-38-,47-45+. The highest BCUT2D eigenvalue weighted by Gasteiger charge is 2.29. The summed E-state index contributed by atoms with van der Waals surface area (Å²) in [7, 11) is 1.06. The summed E-state index contributed by atoms with van der Waals surface area (Å²) in [6.45, 7) is 4.04. The monoisotopic (exact) mass is 1000 g/mol. The first-order valence-corrected chi connectivity index (χ1v) is 28.7. The summed E-state index contributed by atoms with van der Waals surface area (Å²) in [5.74, 6) is -0.315. The smallest absolute Gasteiger partial charge is 0.268 e. The minimum atomic E-state index is -4.70. The fraction of sp³-hybridized carbons (Fsp3) is 0.590. The number of phosphoric acid groups is 1. The molecule has 10 heteroatoms. The zero-order chi connectivity index (χ0) is 52.2. The van der Waals surface area contributed by atoms with E-state index in [2.05, 4.69) is 158 Å². The fourth-order valence-corrected chi connectivity index (χ4v) is 7.65. The van der Waals surface area contributed by atoms with Crippen molar-refractivity contribution in [3.8, 4) is 0 Å². The number of phosphoric ester groups is 1. The van der Waals surface area contributed by atoms with E-state index in [0.29, 0.717) is 23.9 Å². The van der Waals surface area contributed by atoms with Crippen LogP contribution in [0.25, 0.3) is 0 Å². The molecule has 0 aliphatic heterocycles. The average Bonchev–Trinajstić information content (AvgIpc) is 3.33. The van der Waals surface area contributed by atoms with Crippen molar-refractivity contribution in [3.63, 3.8) is 0 Å². The molecule has 0 fully saturated rings. The minimum Gasteiger partial charge on any atom is -0.756 e. The van der Waals surface area contributed by atoms with Gasteiger partial charge in [0.05, 0.1) is 39.9 Å². The van der Waals surface area contributed by atoms with Gasteiger partial charge >= 0.3 is 0 Å². The van der Waals surface area contributed by atoms with E-state index in [9.17, 15) is 24.5 Å². The van der Waals surface area contributed by atoms with Crippen LogP contribution < -0.4 is 10.2 Å². The zero-order valence-corrected chi connectivity index (χ0v) is 46.1. The lowest BCUT2D eigenvalue weighted by Crippen LogP contribution is -2.51. The number of quaternary nitrogens is 1. The molecule has 0 aliphatic rings. The van der Waals surface area contributed by atoms with Gasteiger partial charge < -0.3 is 34.0 Å². The lowest BCUT2D eigenvalue weighted by Gasteiger charge is -2.31. The van der Waals surface area contributed by atoms with Crippen molar-refractivity contribution in [2.45, 2.75) is 193 Å². The molecular weight excluding hydrogens is 904 g/mol. The van der Waals surface area contributed by atoms with Gasteiger partial charge in [-0.25, -0.2) is 0 Å². The summed E-state index contributed by atoms with van der Waals surface area (Å²) in [5, 5.41) is 24.6. The van der Waals surface area contributed by atoms with E-state index < -0.39 is 32.7 Å². The summed E-state index contributed by atoms with van der Waals surface area (Å²) >= 11 is 0. The number of nitrogens with zero attached hydrogens (tertiary/aromatic N) is 1. The highest BCUT2D eigenvalue weighted by molar-refractivity contribution is 7.45. The number of carbonyl (C=O) groups excluding carboxylic acids is 1. The molecule has 3 N–H and O–H groups in total. The summed E-state index contributed by atoms with van der Waals surface area (Å²) in [6.07, 6.45) is 73.5. The van der Waals surface area contributed by atoms with E-state index in [1.54, 1.807) is 0 Å². The normalized spacial score (nSPS) is 15.5. The van der Waals surface area contributed by atoms with E-state index in [1.807, 2.05) is 28.1 Å². The van der Waals surface area contributed by atoms with Crippen LogP contribution >= 0.6 is 7.82 Å². The maximum atomic E-state index is 13.0. The van der Waals surface area contributed by atoms with Crippen LogP contribution in [-0.4, -0.2) is 79.8 Å². The highest BCUT2D eigenvalue weighted by Crippen LogP contribution is 2.38. The van der Waals surface area contributed by atoms with Gasteiger partial charge in [-0.2, -0.15) is 0 Å². The predicted molar refractivity (Wildman–Crippen MR) is 303 cm³/mol. The molecule has 0 rings (SSSR count). The summed E-state index contributed by atoms with van der Waals surface area (Å²) in [5.41, 5.74) is 0. The minimum absolute atomic E-state index is 0.0610. The van der Waals surface area contributed by atoms with Gasteiger partial charge in [-0.05, 0) is 129 Å². The molecule has 0 bridgehead atoms. The van der Waals surface area contributed by atoms with Gasteiger partial charge in [0.15, 0.2) is 0 Å². The average molecular weight is 1010 g/mol. The summed E-state index contributed by atoms with van der Waals surface area (Å²) in [4.78, 5) is 25.5. The van der Waals surface area contributed by atoms with Crippen molar-refractivity contribution in [1.82, 2.24) is 5.32 Å². The first kappa shape index (κ1) is 67.3. The van der Waals surface area contributed by atoms with Gasteiger partial charge in [-0.1, -0.05) is 185 Å². The van der Waals surface area contributed by atoms with Crippen LogP contribution in [0.2, 0.25) is 0 Å². The van der Waals surface area contributed by atoms with Crippen LogP contribution in [0.4, 0.5) is 0 Å². The van der Waals surface area contributed by atoms with Crippen LogP contribution in [0.15, 0.2) is 146 Å². The number of likely N-dealkylation sites (N-methyl/N-ethyl adjacent to an activating group) is 1. The van der Waals surface area contributed by atoms with E-state index >= 15 is 0 Å². The first-order valence-electron chi connectivity index (χ1n) is 27.2. The van der Waals surface area contributed by atoms with Crippen LogP contribution in [-0.2, 0) is 18.4 Å². The van der Waals surface area contributed by atoms with Crippen molar-refractivity contribution in [3.05, 3.63) is 146 Å². The molecule has 71 heavy (non-hydrogen) atoms. The Balaban J connectivity index is 4.29. The van der Waals surface area contributed by atoms with Gasteiger partial charge in [-0.3, -0.25) is 9.36 Å². The Bertz CT molecular complexity index is 1680. The Labute approximate surface area is 434 Å². The topological polar surface area (TPSA) is 128 Å². The van der Waals surface area contributed by atoms with Crippen molar-refractivity contribution in [2.24, 2.45) is 0 Å². The second kappa shape index (κ2) is 49.9. The third kappa shape index (κ3) is 51.1. The van der Waals surface area contributed by atoms with E-state index in [1.165, 1.54) is 12.8 Å². The number of allylic oxidation sites excluding steroid dienone is 24. The molecule has 0 aliphatic carbocycles. The number of hydrogen-bond acceptors (Lipinski definition) is 7. The number of rotatable bonds is 47. The summed E-state index contributed by atoms with van der Waals surface area (Å²) in [6, 6.07) is -1.12. The van der Waals surface area contributed by atoms with Gasteiger partial charge in [0, 0.05) is 6.42 Å². The van der Waals surface area contributed by atoms with Crippen molar-refractivity contribution >= 4 is 13.7 Å². The van der Waals surface area contributed by atoms with E-state index in [0.717, 1.165) is 122 Å².